The Morgan fingerprint density at radius 3 is 1.59 bits per heavy atom. The van der Waals surface area contributed by atoms with E-state index in [2.05, 4.69) is 93.0 Å². The summed E-state index contributed by atoms with van der Waals surface area (Å²) in [7, 11) is 0. The van der Waals surface area contributed by atoms with Gasteiger partial charge in [-0.25, -0.2) is 0 Å². The summed E-state index contributed by atoms with van der Waals surface area (Å²) >= 11 is 0. The van der Waals surface area contributed by atoms with Crippen molar-refractivity contribution >= 4 is 11.4 Å². The molecule has 0 bridgehead atoms. The molecule has 0 atom stereocenters. The van der Waals surface area contributed by atoms with E-state index in [4.69, 9.17) is 15.2 Å². The van der Waals surface area contributed by atoms with Crippen LogP contribution >= 0.6 is 0 Å². The minimum Gasteiger partial charge on any atom is -0.493 e. The second kappa shape index (κ2) is 18.6. The lowest BCUT2D eigenvalue weighted by Crippen LogP contribution is -2.41. The first-order valence-corrected chi connectivity index (χ1v) is 16.8. The van der Waals surface area contributed by atoms with Gasteiger partial charge in [0.25, 0.3) is 0 Å². The van der Waals surface area contributed by atoms with Gasteiger partial charge < -0.3 is 15.2 Å². The van der Waals surface area contributed by atoms with Crippen LogP contribution in [0.15, 0.2) is 109 Å². The molecular weight excluding hydrogens is 564 g/mol. The standard InChI is InChI=1S/C30H36N2O2.C10H12.C2H6/c1-3-5-24-8-14-27(15-9-24)33-21-30(18-4-19-30)22-34-28-16-10-25(11-17-28)20-32-29(31)26-12-6-23(2)7-13-26;1-8(2)10-6-4-9(3)5-7-10;1-2/h6-17H,3-5,18-22H2,1-2H3,(H2,31,32);4-7H,1H2,2-3H3;1-2H3. The molecule has 0 radical (unpaired) electrons. The van der Waals surface area contributed by atoms with Crippen LogP contribution in [0.2, 0.25) is 0 Å². The fourth-order valence-electron chi connectivity index (χ4n) is 5.04. The molecule has 2 N–H and O–H groups in total. The molecule has 0 aromatic heterocycles. The molecule has 0 heterocycles. The fraction of sp³-hybridized carbons (Fsp3) is 0.357. The first kappa shape index (κ1) is 36.2. The third-order valence-corrected chi connectivity index (χ3v) is 8.21. The van der Waals surface area contributed by atoms with Crippen molar-refractivity contribution in [3.63, 3.8) is 0 Å². The van der Waals surface area contributed by atoms with Crippen molar-refractivity contribution in [3.8, 4) is 11.5 Å². The first-order chi connectivity index (χ1) is 22.2. The Hall–Kier alpha value is -4.31. The van der Waals surface area contributed by atoms with Crippen molar-refractivity contribution in [2.75, 3.05) is 13.2 Å². The van der Waals surface area contributed by atoms with Gasteiger partial charge in [-0.2, -0.15) is 0 Å². The zero-order valence-electron chi connectivity index (χ0n) is 28.9. The van der Waals surface area contributed by atoms with Gasteiger partial charge in [-0.15, -0.1) is 0 Å². The van der Waals surface area contributed by atoms with E-state index in [1.54, 1.807) is 0 Å². The Balaban J connectivity index is 0.000000406. The molecule has 5 rings (SSSR count). The lowest BCUT2D eigenvalue weighted by atomic mass is 9.70. The maximum Gasteiger partial charge on any atom is 0.125 e. The highest BCUT2D eigenvalue weighted by Crippen LogP contribution is 2.41. The first-order valence-electron chi connectivity index (χ1n) is 16.8. The molecule has 1 aliphatic carbocycles. The number of allylic oxidation sites excluding steroid dienone is 1. The number of hydrogen-bond donors (Lipinski definition) is 1. The SMILES string of the molecule is C=C(C)c1ccc(C)cc1.CC.CCCc1ccc(OCC2(COc3ccc(CN=C(N)c4ccc(C)cc4)cc3)CCC2)cc1. The Morgan fingerprint density at radius 1 is 0.717 bits per heavy atom. The third kappa shape index (κ3) is 11.6. The normalized spacial score (nSPS) is 13.2. The predicted molar refractivity (Wildman–Crippen MR) is 197 cm³/mol. The van der Waals surface area contributed by atoms with Crippen molar-refractivity contribution in [1.29, 1.82) is 0 Å². The van der Waals surface area contributed by atoms with Gasteiger partial charge in [0.2, 0.25) is 0 Å². The van der Waals surface area contributed by atoms with Gasteiger partial charge in [-0.05, 0) is 81.0 Å². The minimum absolute atomic E-state index is 0.105. The Labute approximate surface area is 278 Å². The zero-order valence-corrected chi connectivity index (χ0v) is 28.9. The van der Waals surface area contributed by atoms with Crippen LogP contribution in [0.1, 0.15) is 86.8 Å². The highest BCUT2D eigenvalue weighted by Gasteiger charge is 2.39. The second-order valence-corrected chi connectivity index (χ2v) is 12.2. The van der Waals surface area contributed by atoms with Crippen molar-refractivity contribution in [1.82, 2.24) is 0 Å². The summed E-state index contributed by atoms with van der Waals surface area (Å²) in [6.07, 6.45) is 5.80. The summed E-state index contributed by atoms with van der Waals surface area (Å²) in [6, 6.07) is 33.2. The van der Waals surface area contributed by atoms with Crippen molar-refractivity contribution in [2.24, 2.45) is 16.1 Å². The molecule has 1 aliphatic rings. The summed E-state index contributed by atoms with van der Waals surface area (Å²) in [5.41, 5.74) is 14.5. The highest BCUT2D eigenvalue weighted by atomic mass is 16.5. The molecule has 0 saturated heterocycles. The number of aliphatic imine (C=N–C) groups is 1. The molecule has 244 valence electrons. The van der Waals surface area contributed by atoms with Gasteiger partial charge >= 0.3 is 0 Å². The van der Waals surface area contributed by atoms with Crippen molar-refractivity contribution < 1.29 is 9.47 Å². The van der Waals surface area contributed by atoms with E-state index in [9.17, 15) is 0 Å². The number of nitrogens with two attached hydrogens (primary N) is 1. The van der Waals surface area contributed by atoms with E-state index < -0.39 is 0 Å². The van der Waals surface area contributed by atoms with E-state index in [1.807, 2.05) is 57.2 Å². The topological polar surface area (TPSA) is 56.8 Å². The average molecular weight is 619 g/mol. The van der Waals surface area contributed by atoms with Crippen LogP contribution in [0.3, 0.4) is 0 Å². The molecule has 4 nitrogen and oxygen atoms in total. The number of rotatable bonds is 12. The Morgan fingerprint density at radius 2 is 1.17 bits per heavy atom. The maximum atomic E-state index is 6.17. The van der Waals surface area contributed by atoms with Crippen LogP contribution < -0.4 is 15.2 Å². The van der Waals surface area contributed by atoms with Gasteiger partial charge in [-0.1, -0.05) is 130 Å². The summed E-state index contributed by atoms with van der Waals surface area (Å²) in [6.45, 7) is 18.2. The largest absolute Gasteiger partial charge is 0.493 e. The minimum atomic E-state index is 0.105. The van der Waals surface area contributed by atoms with Crippen LogP contribution in [0.25, 0.3) is 5.57 Å². The summed E-state index contributed by atoms with van der Waals surface area (Å²) in [5, 5.41) is 0. The smallest absolute Gasteiger partial charge is 0.125 e. The van der Waals surface area contributed by atoms with Gasteiger partial charge in [0, 0.05) is 11.0 Å². The van der Waals surface area contributed by atoms with E-state index in [0.29, 0.717) is 25.6 Å². The quantitative estimate of drug-likeness (QED) is 0.127. The molecule has 4 aromatic rings. The van der Waals surface area contributed by atoms with E-state index >= 15 is 0 Å². The molecule has 4 aromatic carbocycles. The Kier molecular flexibility index (Phi) is 14.6. The van der Waals surface area contributed by atoms with Crippen LogP contribution in [-0.4, -0.2) is 19.0 Å². The number of hydrogen-bond acceptors (Lipinski definition) is 3. The summed E-state index contributed by atoms with van der Waals surface area (Å²) in [5.74, 6) is 2.39. The fourth-order valence-corrected chi connectivity index (χ4v) is 5.04. The lowest BCUT2D eigenvalue weighted by Gasteiger charge is -2.41. The number of aryl methyl sites for hydroxylation is 3. The molecule has 1 fully saturated rings. The number of ether oxygens (including phenoxy) is 2. The number of nitrogens with zero attached hydrogens (tertiary/aromatic N) is 1. The molecular formula is C42H54N2O2. The molecule has 46 heavy (non-hydrogen) atoms. The summed E-state index contributed by atoms with van der Waals surface area (Å²) in [4.78, 5) is 4.54. The van der Waals surface area contributed by atoms with Crippen LogP contribution in [0.4, 0.5) is 0 Å². The van der Waals surface area contributed by atoms with E-state index in [0.717, 1.165) is 53.9 Å². The molecule has 0 spiro atoms. The van der Waals surface area contributed by atoms with Gasteiger partial charge in [0.15, 0.2) is 0 Å². The van der Waals surface area contributed by atoms with Crippen LogP contribution in [-0.2, 0) is 13.0 Å². The average Bonchev–Trinajstić information content (AvgIpc) is 3.06. The number of benzene rings is 4. The third-order valence-electron chi connectivity index (χ3n) is 8.21. The van der Waals surface area contributed by atoms with Gasteiger partial charge in [-0.3, -0.25) is 4.99 Å². The van der Waals surface area contributed by atoms with Crippen molar-refractivity contribution in [2.45, 2.75) is 80.2 Å². The van der Waals surface area contributed by atoms with Crippen molar-refractivity contribution in [3.05, 3.63) is 137 Å². The molecule has 0 unspecified atom stereocenters. The molecule has 1 saturated carbocycles. The molecule has 0 amide bonds. The second-order valence-electron chi connectivity index (χ2n) is 12.2. The molecule has 4 heteroatoms. The van der Waals surface area contributed by atoms with Gasteiger partial charge in [0.1, 0.15) is 17.3 Å². The van der Waals surface area contributed by atoms with Gasteiger partial charge in [0.05, 0.1) is 19.8 Å². The van der Waals surface area contributed by atoms with E-state index in [1.165, 1.54) is 28.7 Å². The monoisotopic (exact) mass is 618 g/mol. The van der Waals surface area contributed by atoms with E-state index in [-0.39, 0.29) is 5.41 Å². The highest BCUT2D eigenvalue weighted by molar-refractivity contribution is 5.97. The van der Waals surface area contributed by atoms with Crippen LogP contribution in [0, 0.1) is 19.3 Å². The molecule has 0 aliphatic heterocycles. The maximum absolute atomic E-state index is 6.17. The Bertz CT molecular complexity index is 1480. The zero-order chi connectivity index (χ0) is 33.4. The van der Waals surface area contributed by atoms with Crippen LogP contribution in [0.5, 0.6) is 11.5 Å². The number of amidine groups is 1. The summed E-state index contributed by atoms with van der Waals surface area (Å²) < 4.78 is 12.3. The lowest BCUT2D eigenvalue weighted by molar-refractivity contribution is 0.00975. The predicted octanol–water partition coefficient (Wildman–Crippen LogP) is 10.5.